The number of methoxy groups -OCH3 is 1. The largest absolute Gasteiger partial charge is 0.497 e. The monoisotopic (exact) mass is 219 g/mol. The van der Waals surface area contributed by atoms with E-state index < -0.39 is 0 Å². The lowest BCUT2D eigenvalue weighted by molar-refractivity contribution is -0.119. The Labute approximate surface area is 95.8 Å². The molecular formula is C13H17NO2. The maximum absolute atomic E-state index is 11.8. The number of ether oxygens (including phenoxy) is 1. The molecule has 0 saturated heterocycles. The van der Waals surface area contributed by atoms with E-state index in [-0.39, 0.29) is 11.8 Å². The van der Waals surface area contributed by atoms with Crippen LogP contribution in [0.1, 0.15) is 19.8 Å². The topological polar surface area (TPSA) is 38.3 Å². The number of rotatable bonds is 4. The molecule has 1 aliphatic rings. The molecule has 1 atom stereocenters. The summed E-state index contributed by atoms with van der Waals surface area (Å²) in [6.07, 6.45) is 2.37. The second-order valence-corrected chi connectivity index (χ2v) is 4.35. The molecule has 0 bridgehead atoms. The van der Waals surface area contributed by atoms with Crippen LogP contribution in [0.2, 0.25) is 0 Å². The van der Waals surface area contributed by atoms with Crippen LogP contribution in [0.25, 0.3) is 0 Å². The number of hydrogen-bond donors (Lipinski definition) is 1. The van der Waals surface area contributed by atoms with Gasteiger partial charge in [-0.1, -0.05) is 13.0 Å². The highest BCUT2D eigenvalue weighted by atomic mass is 16.5. The standard InChI is InChI=1S/C13H17NO2/c1-9(10-6-7-10)13(15)14-11-4-3-5-12(8-11)16-2/h3-5,8-10H,6-7H2,1-2H3,(H,14,15). The van der Waals surface area contributed by atoms with Crippen molar-refractivity contribution in [3.05, 3.63) is 24.3 Å². The highest BCUT2D eigenvalue weighted by molar-refractivity contribution is 5.92. The normalized spacial score (nSPS) is 16.6. The third kappa shape index (κ3) is 2.54. The average molecular weight is 219 g/mol. The van der Waals surface area contributed by atoms with Crippen LogP contribution in [0.4, 0.5) is 5.69 Å². The fraction of sp³-hybridized carbons (Fsp3) is 0.462. The van der Waals surface area contributed by atoms with Crippen LogP contribution in [0.15, 0.2) is 24.3 Å². The molecule has 1 amide bonds. The molecule has 0 aliphatic heterocycles. The Balaban J connectivity index is 1.99. The molecule has 3 nitrogen and oxygen atoms in total. The lowest BCUT2D eigenvalue weighted by atomic mass is 10.1. The van der Waals surface area contributed by atoms with Crippen LogP contribution in [-0.2, 0) is 4.79 Å². The number of anilines is 1. The van der Waals surface area contributed by atoms with E-state index in [2.05, 4.69) is 5.32 Å². The number of carbonyl (C=O) groups excluding carboxylic acids is 1. The van der Waals surface area contributed by atoms with Gasteiger partial charge in [0.15, 0.2) is 0 Å². The molecule has 0 heterocycles. The van der Waals surface area contributed by atoms with Gasteiger partial charge >= 0.3 is 0 Å². The third-order valence-electron chi connectivity index (χ3n) is 3.08. The molecule has 1 aromatic carbocycles. The number of benzene rings is 1. The number of carbonyl (C=O) groups is 1. The first-order chi connectivity index (χ1) is 7.70. The van der Waals surface area contributed by atoms with Crippen LogP contribution < -0.4 is 10.1 Å². The first kappa shape index (κ1) is 11.0. The van der Waals surface area contributed by atoms with Gasteiger partial charge in [-0.25, -0.2) is 0 Å². The first-order valence-corrected chi connectivity index (χ1v) is 5.65. The lowest BCUT2D eigenvalue weighted by Crippen LogP contribution is -2.21. The van der Waals surface area contributed by atoms with Crippen molar-refractivity contribution in [1.82, 2.24) is 0 Å². The van der Waals surface area contributed by atoms with Crippen molar-refractivity contribution in [3.63, 3.8) is 0 Å². The Kier molecular flexibility index (Phi) is 3.13. The molecule has 2 rings (SSSR count). The minimum Gasteiger partial charge on any atom is -0.497 e. The number of amides is 1. The molecular weight excluding hydrogens is 202 g/mol. The Morgan fingerprint density at radius 1 is 1.50 bits per heavy atom. The summed E-state index contributed by atoms with van der Waals surface area (Å²) in [5, 5.41) is 2.92. The van der Waals surface area contributed by atoms with E-state index in [0.29, 0.717) is 5.92 Å². The van der Waals surface area contributed by atoms with E-state index in [0.717, 1.165) is 11.4 Å². The van der Waals surface area contributed by atoms with Gasteiger partial charge < -0.3 is 10.1 Å². The predicted molar refractivity (Wildman–Crippen MR) is 63.5 cm³/mol. The van der Waals surface area contributed by atoms with Crippen LogP contribution >= 0.6 is 0 Å². The summed E-state index contributed by atoms with van der Waals surface area (Å²) in [6.45, 7) is 1.99. The van der Waals surface area contributed by atoms with Gasteiger partial charge in [0.2, 0.25) is 5.91 Å². The number of hydrogen-bond acceptors (Lipinski definition) is 2. The van der Waals surface area contributed by atoms with Crippen molar-refractivity contribution in [1.29, 1.82) is 0 Å². The van der Waals surface area contributed by atoms with Gasteiger partial charge in [0.25, 0.3) is 0 Å². The molecule has 1 saturated carbocycles. The summed E-state index contributed by atoms with van der Waals surface area (Å²) in [5.41, 5.74) is 0.803. The predicted octanol–water partition coefficient (Wildman–Crippen LogP) is 2.68. The zero-order chi connectivity index (χ0) is 11.5. The van der Waals surface area contributed by atoms with E-state index in [1.165, 1.54) is 12.8 Å². The van der Waals surface area contributed by atoms with E-state index in [1.807, 2.05) is 31.2 Å². The van der Waals surface area contributed by atoms with Crippen molar-refractivity contribution in [2.24, 2.45) is 11.8 Å². The molecule has 1 fully saturated rings. The maximum atomic E-state index is 11.8. The molecule has 0 aromatic heterocycles. The Morgan fingerprint density at radius 2 is 2.25 bits per heavy atom. The van der Waals surface area contributed by atoms with Crippen molar-refractivity contribution in [2.45, 2.75) is 19.8 Å². The van der Waals surface area contributed by atoms with Gasteiger partial charge in [0, 0.05) is 17.7 Å². The van der Waals surface area contributed by atoms with Crippen LogP contribution in [0, 0.1) is 11.8 Å². The Morgan fingerprint density at radius 3 is 2.88 bits per heavy atom. The van der Waals surface area contributed by atoms with Crippen molar-refractivity contribution in [3.8, 4) is 5.75 Å². The molecule has 1 aromatic rings. The summed E-state index contributed by atoms with van der Waals surface area (Å²) in [4.78, 5) is 11.8. The van der Waals surface area contributed by atoms with Gasteiger partial charge in [-0.2, -0.15) is 0 Å². The molecule has 16 heavy (non-hydrogen) atoms. The zero-order valence-corrected chi connectivity index (χ0v) is 9.69. The molecule has 1 aliphatic carbocycles. The molecule has 0 radical (unpaired) electrons. The van der Waals surface area contributed by atoms with Gasteiger partial charge in [-0.05, 0) is 30.9 Å². The lowest BCUT2D eigenvalue weighted by Gasteiger charge is -2.11. The molecule has 3 heteroatoms. The van der Waals surface area contributed by atoms with Gasteiger partial charge in [0.05, 0.1) is 7.11 Å². The minimum atomic E-state index is 0.107. The van der Waals surface area contributed by atoms with E-state index in [4.69, 9.17) is 4.74 Å². The average Bonchev–Trinajstić information content (AvgIpc) is 3.12. The number of nitrogens with one attached hydrogen (secondary N) is 1. The van der Waals surface area contributed by atoms with E-state index in [9.17, 15) is 4.79 Å². The summed E-state index contributed by atoms with van der Waals surface area (Å²) in [5.74, 6) is 1.57. The zero-order valence-electron chi connectivity index (χ0n) is 9.69. The molecule has 0 spiro atoms. The highest BCUT2D eigenvalue weighted by Crippen LogP contribution is 2.37. The smallest absolute Gasteiger partial charge is 0.227 e. The minimum absolute atomic E-state index is 0.107. The van der Waals surface area contributed by atoms with Gasteiger partial charge in [0.1, 0.15) is 5.75 Å². The maximum Gasteiger partial charge on any atom is 0.227 e. The highest BCUT2D eigenvalue weighted by Gasteiger charge is 2.32. The van der Waals surface area contributed by atoms with Crippen molar-refractivity contribution < 1.29 is 9.53 Å². The quantitative estimate of drug-likeness (QED) is 0.845. The van der Waals surface area contributed by atoms with Gasteiger partial charge in [-0.15, -0.1) is 0 Å². The first-order valence-electron chi connectivity index (χ1n) is 5.65. The van der Waals surface area contributed by atoms with Crippen LogP contribution in [0.5, 0.6) is 5.75 Å². The Hall–Kier alpha value is -1.51. The van der Waals surface area contributed by atoms with Crippen molar-refractivity contribution >= 4 is 11.6 Å². The molecule has 1 unspecified atom stereocenters. The van der Waals surface area contributed by atoms with E-state index in [1.54, 1.807) is 7.11 Å². The molecule has 86 valence electrons. The fourth-order valence-electron chi connectivity index (χ4n) is 1.77. The fourth-order valence-corrected chi connectivity index (χ4v) is 1.77. The second kappa shape index (κ2) is 4.56. The Bertz CT molecular complexity index is 385. The summed E-state index contributed by atoms with van der Waals surface area (Å²) < 4.78 is 5.11. The second-order valence-electron chi connectivity index (χ2n) is 4.35. The van der Waals surface area contributed by atoms with Crippen molar-refractivity contribution in [2.75, 3.05) is 12.4 Å². The van der Waals surface area contributed by atoms with E-state index >= 15 is 0 Å². The van der Waals surface area contributed by atoms with Crippen LogP contribution in [-0.4, -0.2) is 13.0 Å². The third-order valence-corrected chi connectivity index (χ3v) is 3.08. The summed E-state index contributed by atoms with van der Waals surface area (Å²) in [6, 6.07) is 7.44. The van der Waals surface area contributed by atoms with Crippen LogP contribution in [0.3, 0.4) is 0 Å². The summed E-state index contributed by atoms with van der Waals surface area (Å²) in [7, 11) is 1.62. The SMILES string of the molecule is COc1cccc(NC(=O)C(C)C2CC2)c1. The summed E-state index contributed by atoms with van der Waals surface area (Å²) >= 11 is 0. The van der Waals surface area contributed by atoms with Gasteiger partial charge in [-0.3, -0.25) is 4.79 Å². The molecule has 1 N–H and O–H groups in total.